The van der Waals surface area contributed by atoms with Crippen molar-refractivity contribution in [1.29, 1.82) is 0 Å². The second kappa shape index (κ2) is 7.81. The molecule has 0 unspecified atom stereocenters. The molecule has 0 N–H and O–H groups in total. The van der Waals surface area contributed by atoms with Crippen molar-refractivity contribution in [2.24, 2.45) is 7.05 Å². The van der Waals surface area contributed by atoms with Crippen LogP contribution in [0.25, 0.3) is 22.2 Å². The average molecular weight is 445 g/mol. The fourth-order valence-corrected chi connectivity index (χ4v) is 5.79. The van der Waals surface area contributed by atoms with Gasteiger partial charge in [-0.1, -0.05) is 32.4 Å². The third kappa shape index (κ3) is 4.10. The lowest BCUT2D eigenvalue weighted by Crippen LogP contribution is -2.44. The van der Waals surface area contributed by atoms with Crippen molar-refractivity contribution in [3.8, 4) is 11.3 Å². The topological polar surface area (TPSA) is 44.9 Å². The number of nitrogens with zero attached hydrogens (tertiary/aromatic N) is 4. The van der Waals surface area contributed by atoms with E-state index in [9.17, 15) is 0 Å². The summed E-state index contributed by atoms with van der Waals surface area (Å²) in [6.07, 6.45) is 10.9. The predicted octanol–water partition coefficient (Wildman–Crippen LogP) is 6.60. The van der Waals surface area contributed by atoms with Gasteiger partial charge in [-0.15, -0.1) is 0 Å². The highest BCUT2D eigenvalue weighted by molar-refractivity contribution is 6.74. The molecule has 0 amide bonds. The quantitative estimate of drug-likeness (QED) is 0.336. The molecular weight excluding hydrogens is 412 g/mol. The molecule has 0 radical (unpaired) electrons. The van der Waals surface area contributed by atoms with Crippen molar-refractivity contribution >= 4 is 30.8 Å². The summed E-state index contributed by atoms with van der Waals surface area (Å²) in [5.74, 6) is 0. The summed E-state index contributed by atoms with van der Waals surface area (Å²) in [6, 6.07) is 4.49. The molecule has 1 aliphatic carbocycles. The first-order valence-electron chi connectivity index (χ1n) is 10.9. The molecule has 162 valence electrons. The summed E-state index contributed by atoms with van der Waals surface area (Å²) in [5, 5.41) is 6.51. The molecule has 7 heteroatoms. The molecule has 3 heterocycles. The second-order valence-corrected chi connectivity index (χ2v) is 15.3. The van der Waals surface area contributed by atoms with Crippen LogP contribution >= 0.6 is 11.6 Å². The molecule has 4 rings (SSSR count). The van der Waals surface area contributed by atoms with Crippen LogP contribution in [0.3, 0.4) is 0 Å². The third-order valence-corrected chi connectivity index (χ3v) is 11.7. The van der Waals surface area contributed by atoms with Crippen molar-refractivity contribution < 1.29 is 4.43 Å². The van der Waals surface area contributed by atoms with Crippen LogP contribution in [0.15, 0.2) is 30.7 Å². The molecule has 3 aromatic rings. The highest BCUT2D eigenvalue weighted by Crippen LogP contribution is 2.41. The standard InChI is InChI=1S/C23H33ClN4OSi/c1-23(2,3)30(5,6)29-17-9-7-16(8-10-17)28-15-19(20-11-12-27(4)26-20)18-14-25-22(24)13-21(18)28/h11-17H,7-10H2,1-6H3/t16-,17-. The first-order chi connectivity index (χ1) is 14.0. The summed E-state index contributed by atoms with van der Waals surface area (Å²) in [6.45, 7) is 11.6. The molecule has 30 heavy (non-hydrogen) atoms. The molecular formula is C23H33ClN4OSi. The summed E-state index contributed by atoms with van der Waals surface area (Å²) in [4.78, 5) is 4.34. The molecule has 0 aliphatic heterocycles. The minimum absolute atomic E-state index is 0.252. The Balaban J connectivity index is 1.58. The van der Waals surface area contributed by atoms with Crippen molar-refractivity contribution in [3.63, 3.8) is 0 Å². The molecule has 5 nitrogen and oxygen atoms in total. The van der Waals surface area contributed by atoms with Gasteiger partial charge in [0.2, 0.25) is 0 Å². The van der Waals surface area contributed by atoms with Crippen LogP contribution in [0.5, 0.6) is 0 Å². The van der Waals surface area contributed by atoms with E-state index in [1.165, 1.54) is 0 Å². The van der Waals surface area contributed by atoms with Crippen molar-refractivity contribution in [2.45, 2.75) is 76.7 Å². The number of fused-ring (bicyclic) bond motifs is 1. The van der Waals surface area contributed by atoms with Gasteiger partial charge in [0.25, 0.3) is 0 Å². The average Bonchev–Trinajstić information content (AvgIpc) is 3.24. The number of halogens is 1. The van der Waals surface area contributed by atoms with E-state index in [2.05, 4.69) is 60.8 Å². The monoisotopic (exact) mass is 444 g/mol. The van der Waals surface area contributed by atoms with E-state index in [0.717, 1.165) is 47.8 Å². The largest absolute Gasteiger partial charge is 0.414 e. The smallest absolute Gasteiger partial charge is 0.192 e. The molecule has 3 aromatic heterocycles. The Bertz CT molecular complexity index is 1040. The third-order valence-electron chi connectivity index (χ3n) is 6.98. The second-order valence-electron chi connectivity index (χ2n) is 10.2. The number of hydrogen-bond donors (Lipinski definition) is 0. The first-order valence-corrected chi connectivity index (χ1v) is 14.2. The summed E-state index contributed by atoms with van der Waals surface area (Å²) in [7, 11) is 0.220. The molecule has 1 saturated carbocycles. The Morgan fingerprint density at radius 2 is 1.87 bits per heavy atom. The maximum Gasteiger partial charge on any atom is 0.192 e. The van der Waals surface area contributed by atoms with Gasteiger partial charge in [0.15, 0.2) is 8.32 Å². The van der Waals surface area contributed by atoms with E-state index >= 15 is 0 Å². The van der Waals surface area contributed by atoms with E-state index in [1.54, 1.807) is 0 Å². The lowest BCUT2D eigenvalue weighted by molar-refractivity contribution is 0.119. The van der Waals surface area contributed by atoms with Crippen molar-refractivity contribution in [2.75, 3.05) is 0 Å². The molecule has 0 aromatic carbocycles. The lowest BCUT2D eigenvalue weighted by atomic mass is 9.93. The Kier molecular flexibility index (Phi) is 5.62. The van der Waals surface area contributed by atoms with Crippen LogP contribution in [0.1, 0.15) is 52.5 Å². The van der Waals surface area contributed by atoms with E-state index in [-0.39, 0.29) is 5.04 Å². The van der Waals surface area contributed by atoms with Gasteiger partial charge in [0, 0.05) is 48.7 Å². The maximum atomic E-state index is 6.70. The molecule has 1 fully saturated rings. The Morgan fingerprint density at radius 1 is 1.17 bits per heavy atom. The van der Waals surface area contributed by atoms with Gasteiger partial charge < -0.3 is 8.99 Å². The fourth-order valence-electron chi connectivity index (χ4n) is 4.22. The zero-order valence-corrected chi connectivity index (χ0v) is 20.7. The summed E-state index contributed by atoms with van der Waals surface area (Å²) >= 11 is 6.27. The number of pyridine rings is 1. The zero-order chi connectivity index (χ0) is 21.7. The van der Waals surface area contributed by atoms with Crippen molar-refractivity contribution in [3.05, 3.63) is 35.9 Å². The van der Waals surface area contributed by atoms with E-state index in [0.29, 0.717) is 17.3 Å². The minimum atomic E-state index is -1.73. The van der Waals surface area contributed by atoms with Crippen LogP contribution < -0.4 is 0 Å². The van der Waals surface area contributed by atoms with Gasteiger partial charge >= 0.3 is 0 Å². The van der Waals surface area contributed by atoms with Gasteiger partial charge in [0.1, 0.15) is 5.15 Å². The van der Waals surface area contributed by atoms with E-state index in [1.807, 2.05) is 30.2 Å². The van der Waals surface area contributed by atoms with Gasteiger partial charge in [-0.3, -0.25) is 4.68 Å². The highest BCUT2D eigenvalue weighted by atomic mass is 35.5. The predicted molar refractivity (Wildman–Crippen MR) is 127 cm³/mol. The van der Waals surface area contributed by atoms with Gasteiger partial charge in [-0.2, -0.15) is 5.10 Å². The number of rotatable bonds is 4. The van der Waals surface area contributed by atoms with E-state index in [4.69, 9.17) is 16.0 Å². The molecule has 0 saturated heterocycles. The molecule has 0 bridgehead atoms. The van der Waals surface area contributed by atoms with E-state index < -0.39 is 8.32 Å². The Morgan fingerprint density at radius 3 is 2.47 bits per heavy atom. The fraction of sp³-hybridized carbons (Fsp3) is 0.565. The van der Waals surface area contributed by atoms with Crippen LogP contribution in [0.2, 0.25) is 23.3 Å². The normalized spacial score (nSPS) is 20.8. The van der Waals surface area contributed by atoms with Gasteiger partial charge in [-0.05, 0) is 55.9 Å². The molecule has 0 atom stereocenters. The Hall–Kier alpha value is -1.63. The SMILES string of the molecule is Cn1ccc(-c2cn([C@H]3CC[C@H](O[Si](C)(C)C(C)(C)C)CC3)c3cc(Cl)ncc23)n1. The van der Waals surface area contributed by atoms with Crippen LogP contribution in [0.4, 0.5) is 0 Å². The van der Waals surface area contributed by atoms with Crippen LogP contribution in [-0.2, 0) is 11.5 Å². The zero-order valence-electron chi connectivity index (χ0n) is 18.9. The lowest BCUT2D eigenvalue weighted by Gasteiger charge is -2.41. The van der Waals surface area contributed by atoms with Gasteiger partial charge in [0.05, 0.1) is 11.2 Å². The van der Waals surface area contributed by atoms with Crippen LogP contribution in [-0.4, -0.2) is 33.8 Å². The number of hydrogen-bond acceptors (Lipinski definition) is 3. The summed E-state index contributed by atoms with van der Waals surface area (Å²) < 4.78 is 10.9. The van der Waals surface area contributed by atoms with Crippen LogP contribution in [0, 0.1) is 0 Å². The van der Waals surface area contributed by atoms with Crippen molar-refractivity contribution in [1.82, 2.24) is 19.3 Å². The number of aryl methyl sites for hydroxylation is 1. The Labute approximate surface area is 185 Å². The molecule has 0 spiro atoms. The number of aromatic nitrogens is 4. The maximum absolute atomic E-state index is 6.70. The van der Waals surface area contributed by atoms with Gasteiger partial charge in [-0.25, -0.2) is 4.98 Å². The highest BCUT2D eigenvalue weighted by Gasteiger charge is 2.40. The summed E-state index contributed by atoms with van der Waals surface area (Å²) in [5.41, 5.74) is 3.24. The minimum Gasteiger partial charge on any atom is -0.414 e. The first kappa shape index (κ1) is 21.6. The molecule has 1 aliphatic rings.